The molecule has 9 nitrogen and oxygen atoms in total. The van der Waals surface area contributed by atoms with Crippen molar-refractivity contribution in [1.82, 2.24) is 19.4 Å². The number of hydrogen-bond acceptors (Lipinski definition) is 6. The van der Waals surface area contributed by atoms with E-state index in [4.69, 9.17) is 4.74 Å². The van der Waals surface area contributed by atoms with Gasteiger partial charge < -0.3 is 20.1 Å². The first-order valence-corrected chi connectivity index (χ1v) is 11.4. The Morgan fingerprint density at radius 3 is 2.48 bits per heavy atom. The van der Waals surface area contributed by atoms with Crippen molar-refractivity contribution in [2.75, 3.05) is 59.0 Å². The summed E-state index contributed by atoms with van der Waals surface area (Å²) in [5, 5.41) is 13.0. The van der Waals surface area contributed by atoms with Crippen LogP contribution < -0.4 is 5.32 Å². The first-order chi connectivity index (χ1) is 13.8. The fraction of sp³-hybridized carbons (Fsp3) is 0.632. The third kappa shape index (κ3) is 5.39. The van der Waals surface area contributed by atoms with Crippen LogP contribution in [0.4, 0.5) is 4.79 Å². The van der Waals surface area contributed by atoms with E-state index < -0.39 is 10.0 Å². The molecule has 2 heterocycles. The Hall–Kier alpha value is -1.88. The van der Waals surface area contributed by atoms with Crippen LogP contribution in [0, 0.1) is 6.92 Å². The van der Waals surface area contributed by atoms with Crippen LogP contribution in [-0.4, -0.2) is 98.7 Å². The molecule has 1 unspecified atom stereocenters. The predicted octanol–water partition coefficient (Wildman–Crippen LogP) is 0.437. The number of nitrogens with one attached hydrogen (secondary N) is 1. The molecule has 2 N–H and O–H groups in total. The molecule has 3 rings (SSSR count). The number of phenols is 1. The van der Waals surface area contributed by atoms with Crippen LogP contribution in [0.1, 0.15) is 12.5 Å². The van der Waals surface area contributed by atoms with Gasteiger partial charge in [-0.15, -0.1) is 0 Å². The molecule has 2 fully saturated rings. The minimum absolute atomic E-state index is 0.00777. The quantitative estimate of drug-likeness (QED) is 0.708. The van der Waals surface area contributed by atoms with Crippen molar-refractivity contribution >= 4 is 16.1 Å². The maximum Gasteiger partial charge on any atom is 0.317 e. The van der Waals surface area contributed by atoms with Crippen LogP contribution in [0.25, 0.3) is 0 Å². The number of sulfonamides is 1. The number of urea groups is 1. The molecule has 10 heteroatoms. The van der Waals surface area contributed by atoms with E-state index in [1.54, 1.807) is 17.9 Å². The normalized spacial score (nSPS) is 20.4. The Balaban J connectivity index is 1.52. The predicted molar refractivity (Wildman–Crippen MR) is 108 cm³/mol. The van der Waals surface area contributed by atoms with Crippen LogP contribution in [0.2, 0.25) is 0 Å². The number of aromatic hydroxyl groups is 1. The number of benzene rings is 1. The average Bonchev–Trinajstić information content (AvgIpc) is 2.70. The van der Waals surface area contributed by atoms with Gasteiger partial charge in [0.15, 0.2) is 0 Å². The second kappa shape index (κ2) is 9.29. The molecule has 0 bridgehead atoms. The summed E-state index contributed by atoms with van der Waals surface area (Å²) < 4.78 is 32.4. The summed E-state index contributed by atoms with van der Waals surface area (Å²) in [5.41, 5.74) is 0.758. The van der Waals surface area contributed by atoms with Gasteiger partial charge in [-0.25, -0.2) is 13.2 Å². The van der Waals surface area contributed by atoms with Gasteiger partial charge in [0.25, 0.3) is 0 Å². The largest absolute Gasteiger partial charge is 0.507 e. The van der Waals surface area contributed by atoms with E-state index in [2.05, 4.69) is 10.2 Å². The highest BCUT2D eigenvalue weighted by molar-refractivity contribution is 7.89. The zero-order valence-electron chi connectivity index (χ0n) is 17.0. The number of carbonyl (C=O) groups is 1. The Bertz CT molecular complexity index is 818. The molecule has 0 saturated carbocycles. The molecule has 1 atom stereocenters. The zero-order valence-corrected chi connectivity index (χ0v) is 17.8. The Kier molecular flexibility index (Phi) is 6.99. The monoisotopic (exact) mass is 426 g/mol. The molecule has 2 saturated heterocycles. The molecule has 29 heavy (non-hydrogen) atoms. The highest BCUT2D eigenvalue weighted by Gasteiger charge is 2.32. The maximum absolute atomic E-state index is 12.9. The summed E-state index contributed by atoms with van der Waals surface area (Å²) in [5.74, 6) is -0.257. The molecule has 0 aliphatic carbocycles. The molecule has 2 amide bonds. The summed E-state index contributed by atoms with van der Waals surface area (Å²) in [6.07, 6.45) is 0. The van der Waals surface area contributed by atoms with Gasteiger partial charge in [0.2, 0.25) is 10.0 Å². The number of nitrogens with zero attached hydrogens (tertiary/aromatic N) is 3. The molecular weight excluding hydrogens is 396 g/mol. The lowest BCUT2D eigenvalue weighted by atomic mass is 10.2. The van der Waals surface area contributed by atoms with Crippen LogP contribution in [-0.2, 0) is 14.8 Å². The first-order valence-electron chi connectivity index (χ1n) is 9.92. The number of aryl methyl sites for hydroxylation is 1. The third-order valence-electron chi connectivity index (χ3n) is 5.26. The van der Waals surface area contributed by atoms with Gasteiger partial charge in [-0.3, -0.25) is 4.90 Å². The SMILES string of the molecule is Cc1ccc(O)c(S(=O)(=O)N2CCN(C(=O)NC(C)CN3CCOCC3)CC2)c1. The van der Waals surface area contributed by atoms with Crippen LogP contribution >= 0.6 is 0 Å². The summed E-state index contributed by atoms with van der Waals surface area (Å²) in [7, 11) is -3.80. The molecule has 2 aliphatic rings. The number of piperazine rings is 1. The van der Waals surface area contributed by atoms with Gasteiger partial charge in [-0.1, -0.05) is 6.07 Å². The fourth-order valence-electron chi connectivity index (χ4n) is 3.62. The second-order valence-corrected chi connectivity index (χ2v) is 9.53. The van der Waals surface area contributed by atoms with Crippen LogP contribution in [0.5, 0.6) is 5.75 Å². The fourth-order valence-corrected chi connectivity index (χ4v) is 5.21. The molecule has 1 aromatic rings. The van der Waals surface area contributed by atoms with Crippen molar-refractivity contribution in [2.24, 2.45) is 0 Å². The lowest BCUT2D eigenvalue weighted by Crippen LogP contribution is -2.55. The standard InChI is InChI=1S/C19H30N4O5S/c1-15-3-4-17(24)18(13-15)29(26,27)23-7-5-22(6-8-23)19(25)20-16(2)14-21-9-11-28-12-10-21/h3-4,13,16,24H,5-12,14H2,1-2H3,(H,20,25). The number of rotatable bonds is 5. The minimum atomic E-state index is -3.80. The van der Waals surface area contributed by atoms with E-state index in [1.165, 1.54) is 16.4 Å². The number of amides is 2. The summed E-state index contributed by atoms with van der Waals surface area (Å²) >= 11 is 0. The Morgan fingerprint density at radius 1 is 1.17 bits per heavy atom. The van der Waals surface area contributed by atoms with Gasteiger partial charge in [0, 0.05) is 51.9 Å². The van der Waals surface area contributed by atoms with Gasteiger partial charge in [0.05, 0.1) is 13.2 Å². The van der Waals surface area contributed by atoms with E-state index in [9.17, 15) is 18.3 Å². The summed E-state index contributed by atoms with van der Waals surface area (Å²) in [4.78, 5) is 16.3. The summed E-state index contributed by atoms with van der Waals surface area (Å²) in [6, 6.07) is 4.33. The number of hydrogen-bond donors (Lipinski definition) is 2. The molecule has 1 aromatic carbocycles. The highest BCUT2D eigenvalue weighted by Crippen LogP contribution is 2.27. The number of morpholine rings is 1. The highest BCUT2D eigenvalue weighted by atomic mass is 32.2. The average molecular weight is 427 g/mol. The van der Waals surface area contributed by atoms with Crippen molar-refractivity contribution in [2.45, 2.75) is 24.8 Å². The van der Waals surface area contributed by atoms with Crippen molar-refractivity contribution < 1.29 is 23.1 Å². The molecular formula is C19H30N4O5S. The number of ether oxygens (including phenoxy) is 1. The maximum atomic E-state index is 12.9. The Labute approximate surface area is 172 Å². The minimum Gasteiger partial charge on any atom is -0.507 e. The van der Waals surface area contributed by atoms with Gasteiger partial charge >= 0.3 is 6.03 Å². The Morgan fingerprint density at radius 2 is 1.83 bits per heavy atom. The molecule has 0 radical (unpaired) electrons. The molecule has 0 aromatic heterocycles. The second-order valence-electron chi connectivity index (χ2n) is 7.63. The van der Waals surface area contributed by atoms with Gasteiger partial charge in [0.1, 0.15) is 10.6 Å². The summed E-state index contributed by atoms with van der Waals surface area (Å²) in [6.45, 7) is 8.67. The van der Waals surface area contributed by atoms with E-state index in [0.717, 1.165) is 25.2 Å². The first kappa shape index (κ1) is 21.8. The smallest absolute Gasteiger partial charge is 0.317 e. The van der Waals surface area contributed by atoms with E-state index >= 15 is 0 Å². The van der Waals surface area contributed by atoms with E-state index in [-0.39, 0.29) is 35.8 Å². The van der Waals surface area contributed by atoms with Crippen molar-refractivity contribution in [1.29, 1.82) is 0 Å². The molecule has 162 valence electrons. The zero-order chi connectivity index (χ0) is 21.0. The van der Waals surface area contributed by atoms with Crippen LogP contribution in [0.15, 0.2) is 23.1 Å². The van der Waals surface area contributed by atoms with Gasteiger partial charge in [-0.05, 0) is 31.5 Å². The van der Waals surface area contributed by atoms with Crippen molar-refractivity contribution in [3.63, 3.8) is 0 Å². The van der Waals surface area contributed by atoms with Gasteiger partial charge in [-0.2, -0.15) is 4.31 Å². The van der Waals surface area contributed by atoms with E-state index in [1.807, 2.05) is 6.92 Å². The molecule has 0 spiro atoms. The third-order valence-corrected chi connectivity index (χ3v) is 7.19. The lowest BCUT2D eigenvalue weighted by Gasteiger charge is -2.35. The van der Waals surface area contributed by atoms with Crippen molar-refractivity contribution in [3.05, 3.63) is 23.8 Å². The van der Waals surface area contributed by atoms with Crippen molar-refractivity contribution in [3.8, 4) is 5.75 Å². The topological polar surface area (TPSA) is 102 Å². The molecule has 2 aliphatic heterocycles. The van der Waals surface area contributed by atoms with Crippen LogP contribution in [0.3, 0.4) is 0 Å². The number of carbonyl (C=O) groups excluding carboxylic acids is 1. The number of phenolic OH excluding ortho intramolecular Hbond substituents is 1. The van der Waals surface area contributed by atoms with E-state index in [0.29, 0.717) is 26.3 Å². The lowest BCUT2D eigenvalue weighted by molar-refractivity contribution is 0.0345.